The van der Waals surface area contributed by atoms with Crippen LogP contribution in [0.4, 0.5) is 0 Å². The van der Waals surface area contributed by atoms with Gasteiger partial charge in [0.05, 0.1) is 24.4 Å². The van der Waals surface area contributed by atoms with Crippen LogP contribution in [0.2, 0.25) is 0 Å². The van der Waals surface area contributed by atoms with E-state index < -0.39 is 24.4 Å². The minimum Gasteiger partial charge on any atom is -0.489 e. The second-order valence-electron chi connectivity index (χ2n) is 18.7. The predicted octanol–water partition coefficient (Wildman–Crippen LogP) is 11.6. The second kappa shape index (κ2) is 29.6. The fraction of sp³-hybridized carbons (Fsp3) is 0.636. The van der Waals surface area contributed by atoms with E-state index >= 15 is 0 Å². The largest absolute Gasteiger partial charge is 0.489 e. The van der Waals surface area contributed by atoms with Gasteiger partial charge < -0.3 is 35.0 Å². The molecule has 0 bridgehead atoms. The molecule has 0 spiro atoms. The molecule has 5 atom stereocenters. The highest BCUT2D eigenvalue weighted by molar-refractivity contribution is 5.89. The summed E-state index contributed by atoms with van der Waals surface area (Å²) < 4.78 is 12.8. The van der Waals surface area contributed by atoms with Crippen molar-refractivity contribution in [1.29, 1.82) is 0 Å². The van der Waals surface area contributed by atoms with Crippen molar-refractivity contribution in [3.63, 3.8) is 0 Å². The van der Waals surface area contributed by atoms with E-state index in [1.54, 1.807) is 0 Å². The lowest BCUT2D eigenvalue weighted by Gasteiger charge is -2.44. The van der Waals surface area contributed by atoms with E-state index in [2.05, 4.69) is 42.6 Å². The Morgan fingerprint density at radius 1 is 0.656 bits per heavy atom. The minimum absolute atomic E-state index is 0.000214. The van der Waals surface area contributed by atoms with Gasteiger partial charge in [0.15, 0.2) is 0 Å². The van der Waals surface area contributed by atoms with Gasteiger partial charge in [-0.1, -0.05) is 177 Å². The first-order valence-electron chi connectivity index (χ1n) is 25.5. The maximum Gasteiger partial charge on any atom is 0.245 e. The molecule has 2 aliphatic heterocycles. The molecule has 64 heavy (non-hydrogen) atoms. The highest BCUT2D eigenvalue weighted by Crippen LogP contribution is 2.44. The van der Waals surface area contributed by atoms with E-state index in [-0.39, 0.29) is 17.9 Å². The van der Waals surface area contributed by atoms with Crippen LogP contribution in [0.5, 0.6) is 11.5 Å². The second-order valence-corrected chi connectivity index (χ2v) is 18.7. The lowest BCUT2D eigenvalue weighted by molar-refractivity contribution is -0.142. The van der Waals surface area contributed by atoms with Gasteiger partial charge in [-0.05, 0) is 74.1 Å². The highest BCUT2D eigenvalue weighted by Gasteiger charge is 2.41. The van der Waals surface area contributed by atoms with Gasteiger partial charge in [0, 0.05) is 24.6 Å². The Morgan fingerprint density at radius 3 is 1.83 bits per heavy atom. The number of unbranched alkanes of at least 4 members (excludes halogenated alkanes) is 16. The van der Waals surface area contributed by atoms with Gasteiger partial charge >= 0.3 is 0 Å². The van der Waals surface area contributed by atoms with E-state index in [9.17, 15) is 24.9 Å². The fourth-order valence-corrected chi connectivity index (χ4v) is 9.54. The molecule has 9 heteroatoms. The number of aliphatic hydroxyl groups excluding tert-OH is 3. The maximum absolute atomic E-state index is 13.9. The number of nitrogens with zero attached hydrogens (tertiary/aromatic N) is 1. The Bertz CT molecular complexity index is 1740. The lowest BCUT2D eigenvalue weighted by atomic mass is 9.84. The Balaban J connectivity index is 0.903. The number of aliphatic hydroxyl groups is 3. The van der Waals surface area contributed by atoms with Crippen molar-refractivity contribution in [2.75, 3.05) is 6.54 Å². The van der Waals surface area contributed by atoms with Crippen molar-refractivity contribution < 1.29 is 34.4 Å². The summed E-state index contributed by atoms with van der Waals surface area (Å²) in [4.78, 5) is 28.8. The maximum atomic E-state index is 13.9. The monoisotopic (exact) mass is 883 g/mol. The zero-order chi connectivity index (χ0) is 45.2. The van der Waals surface area contributed by atoms with Gasteiger partial charge in [0.1, 0.15) is 30.8 Å². The molecular formula is C55H82N2O7. The zero-order valence-corrected chi connectivity index (χ0v) is 39.2. The number of nitrogens with one attached hydrogen (secondary N) is 1. The summed E-state index contributed by atoms with van der Waals surface area (Å²) in [6.07, 6.45) is 23.9. The summed E-state index contributed by atoms with van der Waals surface area (Å²) in [5.41, 5.74) is 4.39. The van der Waals surface area contributed by atoms with Gasteiger partial charge in [-0.15, -0.1) is 0 Å². The number of rotatable bonds is 33. The molecule has 2 amide bonds. The van der Waals surface area contributed by atoms with Crippen LogP contribution in [0.25, 0.3) is 0 Å². The number of carbonyl (C=O) groups excluding carboxylic acids is 2. The molecule has 1 fully saturated rings. The summed E-state index contributed by atoms with van der Waals surface area (Å²) in [6.45, 7) is 3.72. The van der Waals surface area contributed by atoms with Crippen molar-refractivity contribution in [1.82, 2.24) is 10.2 Å². The molecule has 0 aromatic heterocycles. The molecule has 4 N–H and O–H groups in total. The summed E-state index contributed by atoms with van der Waals surface area (Å²) in [5.74, 6) is 1.49. The first kappa shape index (κ1) is 51.1. The lowest BCUT2D eigenvalue weighted by Crippen LogP contribution is -2.55. The van der Waals surface area contributed by atoms with Crippen LogP contribution < -0.4 is 14.8 Å². The first-order valence-corrected chi connectivity index (χ1v) is 25.5. The standard InChI is InChI=1S/C55H82N2O7/c1-2-3-4-5-6-12-15-24-31-50(59)51(60)36-33-46(58)30-23-14-11-9-7-8-10-13-16-25-32-53(61)56-48-34-35-49-54-45(37-38-57(49)55(48)62)39-47(63-41-43-26-19-17-20-27-43)40-52(54)64-42-44-28-21-18-22-29-44/h17-22,26-29,39-40,46,48-51,58-60H,2-16,23-25,30-38,41-42H2,1H3,(H,56,61)/t46-,48-,49-,50-,51-/m0/s1. The summed E-state index contributed by atoms with van der Waals surface area (Å²) in [6, 6.07) is 23.7. The first-order chi connectivity index (χ1) is 31.3. The molecule has 3 aromatic carbocycles. The van der Waals surface area contributed by atoms with E-state index in [1.807, 2.05) is 47.4 Å². The Hall–Kier alpha value is -3.92. The molecule has 2 heterocycles. The molecule has 354 valence electrons. The topological polar surface area (TPSA) is 129 Å². The normalized spacial score (nSPS) is 17.3. The third-order valence-electron chi connectivity index (χ3n) is 13.4. The molecule has 2 aliphatic rings. The van der Waals surface area contributed by atoms with Gasteiger partial charge in [-0.3, -0.25) is 9.59 Å². The number of fused-ring (bicyclic) bond motifs is 3. The van der Waals surface area contributed by atoms with Crippen LogP contribution in [0.15, 0.2) is 72.8 Å². The number of carbonyl (C=O) groups is 2. The third-order valence-corrected chi connectivity index (χ3v) is 13.4. The summed E-state index contributed by atoms with van der Waals surface area (Å²) >= 11 is 0. The van der Waals surface area contributed by atoms with Crippen molar-refractivity contribution in [3.05, 3.63) is 95.1 Å². The fourth-order valence-electron chi connectivity index (χ4n) is 9.54. The van der Waals surface area contributed by atoms with Crippen LogP contribution in [0, 0.1) is 0 Å². The number of benzene rings is 3. The number of hydrogen-bond donors (Lipinski definition) is 4. The molecule has 0 unspecified atom stereocenters. The van der Waals surface area contributed by atoms with Crippen molar-refractivity contribution in [2.24, 2.45) is 0 Å². The number of hydrogen-bond acceptors (Lipinski definition) is 7. The Labute approximate surface area is 385 Å². The van der Waals surface area contributed by atoms with Crippen LogP contribution in [-0.2, 0) is 29.2 Å². The molecule has 0 saturated carbocycles. The molecule has 9 nitrogen and oxygen atoms in total. The van der Waals surface area contributed by atoms with Crippen molar-refractivity contribution in [2.45, 2.75) is 217 Å². The molecule has 1 saturated heterocycles. The summed E-state index contributed by atoms with van der Waals surface area (Å²) in [5, 5.41) is 34.2. The van der Waals surface area contributed by atoms with Crippen LogP contribution in [-0.4, -0.2) is 62.9 Å². The molecule has 0 radical (unpaired) electrons. The van der Waals surface area contributed by atoms with Crippen LogP contribution >= 0.6 is 0 Å². The smallest absolute Gasteiger partial charge is 0.245 e. The van der Waals surface area contributed by atoms with Crippen LogP contribution in [0.1, 0.15) is 196 Å². The average molecular weight is 883 g/mol. The summed E-state index contributed by atoms with van der Waals surface area (Å²) in [7, 11) is 0. The third kappa shape index (κ3) is 18.2. The van der Waals surface area contributed by atoms with E-state index in [0.29, 0.717) is 58.3 Å². The molecule has 5 rings (SSSR count). The Kier molecular flexibility index (Phi) is 23.6. The van der Waals surface area contributed by atoms with Crippen molar-refractivity contribution in [3.8, 4) is 11.5 Å². The zero-order valence-electron chi connectivity index (χ0n) is 39.2. The van der Waals surface area contributed by atoms with E-state index in [0.717, 1.165) is 91.5 Å². The Morgan fingerprint density at radius 2 is 1.20 bits per heavy atom. The number of ether oxygens (including phenoxy) is 2. The quantitative estimate of drug-likeness (QED) is 0.0448. The number of amides is 2. The SMILES string of the molecule is CCCCCCCCCC[C@H](O)[C@@H](O)CC[C@@H](O)CCCCCCCCCCCCC(=O)N[C@H]1CC[C@H]2c3c(cc(OCc4ccccc4)cc3OCc3ccccc3)CCN2C1=O. The minimum atomic E-state index is -0.740. The molecular weight excluding hydrogens is 801 g/mol. The van der Waals surface area contributed by atoms with Gasteiger partial charge in [0.2, 0.25) is 11.8 Å². The van der Waals surface area contributed by atoms with E-state index in [4.69, 9.17) is 9.47 Å². The van der Waals surface area contributed by atoms with Gasteiger partial charge in [-0.2, -0.15) is 0 Å². The molecule has 3 aromatic rings. The predicted molar refractivity (Wildman–Crippen MR) is 257 cm³/mol. The van der Waals surface area contributed by atoms with Gasteiger partial charge in [0.25, 0.3) is 0 Å². The van der Waals surface area contributed by atoms with Crippen molar-refractivity contribution >= 4 is 11.8 Å². The van der Waals surface area contributed by atoms with E-state index in [1.165, 1.54) is 70.6 Å². The average Bonchev–Trinajstić information content (AvgIpc) is 3.31. The van der Waals surface area contributed by atoms with Crippen LogP contribution in [0.3, 0.4) is 0 Å². The molecule has 0 aliphatic carbocycles. The number of piperidine rings is 1. The highest BCUT2D eigenvalue weighted by atomic mass is 16.5. The van der Waals surface area contributed by atoms with Gasteiger partial charge in [-0.25, -0.2) is 0 Å².